The SMILES string of the molecule is CCn1ccnc1COC1CNC1. The summed E-state index contributed by atoms with van der Waals surface area (Å²) in [5.41, 5.74) is 0. The first kappa shape index (κ1) is 8.72. The molecule has 2 heterocycles. The van der Waals surface area contributed by atoms with E-state index in [1.807, 2.05) is 12.4 Å². The van der Waals surface area contributed by atoms with Gasteiger partial charge in [-0.1, -0.05) is 0 Å². The third-order valence-electron chi connectivity index (χ3n) is 2.33. The summed E-state index contributed by atoms with van der Waals surface area (Å²) in [6.45, 7) is 5.66. The normalized spacial score (nSPS) is 17.3. The number of hydrogen-bond acceptors (Lipinski definition) is 3. The molecule has 1 N–H and O–H groups in total. The van der Waals surface area contributed by atoms with Gasteiger partial charge in [0.15, 0.2) is 0 Å². The molecule has 4 nitrogen and oxygen atoms in total. The van der Waals surface area contributed by atoms with E-state index in [2.05, 4.69) is 21.8 Å². The average Bonchev–Trinajstić information content (AvgIpc) is 2.49. The number of aromatic nitrogens is 2. The van der Waals surface area contributed by atoms with Gasteiger partial charge in [0.05, 0.1) is 6.10 Å². The van der Waals surface area contributed by atoms with Gasteiger partial charge in [-0.2, -0.15) is 0 Å². The molecule has 0 saturated carbocycles. The summed E-state index contributed by atoms with van der Waals surface area (Å²) in [7, 11) is 0. The molecule has 4 heteroatoms. The van der Waals surface area contributed by atoms with E-state index in [-0.39, 0.29) is 0 Å². The first-order valence-electron chi connectivity index (χ1n) is 4.72. The van der Waals surface area contributed by atoms with Gasteiger partial charge in [0.2, 0.25) is 0 Å². The van der Waals surface area contributed by atoms with Crippen molar-refractivity contribution in [1.82, 2.24) is 14.9 Å². The number of nitrogens with zero attached hydrogens (tertiary/aromatic N) is 2. The highest BCUT2D eigenvalue weighted by molar-refractivity contribution is 4.90. The molecule has 1 aromatic heterocycles. The van der Waals surface area contributed by atoms with E-state index in [1.54, 1.807) is 0 Å². The quantitative estimate of drug-likeness (QED) is 0.730. The predicted octanol–water partition coefficient (Wildman–Crippen LogP) is 0.391. The smallest absolute Gasteiger partial charge is 0.134 e. The summed E-state index contributed by atoms with van der Waals surface area (Å²) >= 11 is 0. The van der Waals surface area contributed by atoms with Crippen LogP contribution in [-0.4, -0.2) is 28.7 Å². The number of rotatable bonds is 4. The zero-order valence-corrected chi connectivity index (χ0v) is 7.86. The molecule has 1 saturated heterocycles. The van der Waals surface area contributed by atoms with Crippen molar-refractivity contribution in [2.24, 2.45) is 0 Å². The Morgan fingerprint density at radius 2 is 2.54 bits per heavy atom. The lowest BCUT2D eigenvalue weighted by Gasteiger charge is -2.26. The maximum Gasteiger partial charge on any atom is 0.134 e. The van der Waals surface area contributed by atoms with Gasteiger partial charge in [0, 0.05) is 32.0 Å². The number of ether oxygens (including phenoxy) is 1. The first-order valence-corrected chi connectivity index (χ1v) is 4.72. The number of imidazole rings is 1. The molecule has 0 unspecified atom stereocenters. The van der Waals surface area contributed by atoms with Crippen LogP contribution in [0.5, 0.6) is 0 Å². The van der Waals surface area contributed by atoms with Crippen LogP contribution in [0.15, 0.2) is 12.4 Å². The van der Waals surface area contributed by atoms with Gasteiger partial charge in [0.25, 0.3) is 0 Å². The van der Waals surface area contributed by atoms with Crippen LogP contribution in [0.3, 0.4) is 0 Å². The highest BCUT2D eigenvalue weighted by Crippen LogP contribution is 2.04. The van der Waals surface area contributed by atoms with Crippen molar-refractivity contribution in [2.45, 2.75) is 26.2 Å². The first-order chi connectivity index (χ1) is 6.40. The van der Waals surface area contributed by atoms with E-state index in [9.17, 15) is 0 Å². The zero-order valence-electron chi connectivity index (χ0n) is 7.86. The molecule has 0 spiro atoms. The summed E-state index contributed by atoms with van der Waals surface area (Å²) in [4.78, 5) is 4.23. The molecular weight excluding hydrogens is 166 g/mol. The molecule has 0 amide bonds. The molecule has 1 aliphatic heterocycles. The highest BCUT2D eigenvalue weighted by Gasteiger charge is 2.17. The Hall–Kier alpha value is -0.870. The van der Waals surface area contributed by atoms with Gasteiger partial charge in [0.1, 0.15) is 12.4 Å². The van der Waals surface area contributed by atoms with Crippen LogP contribution < -0.4 is 5.32 Å². The Morgan fingerprint density at radius 3 is 3.15 bits per heavy atom. The predicted molar refractivity (Wildman–Crippen MR) is 49.3 cm³/mol. The van der Waals surface area contributed by atoms with Crippen molar-refractivity contribution in [2.75, 3.05) is 13.1 Å². The molecule has 0 aliphatic carbocycles. The molecule has 1 aromatic rings. The third kappa shape index (κ3) is 1.89. The standard InChI is InChI=1S/C9H15N3O/c1-2-12-4-3-11-9(12)7-13-8-5-10-6-8/h3-4,8,10H,2,5-7H2,1H3. The van der Waals surface area contributed by atoms with E-state index in [4.69, 9.17) is 4.74 Å². The van der Waals surface area contributed by atoms with Crippen molar-refractivity contribution in [3.63, 3.8) is 0 Å². The van der Waals surface area contributed by atoms with Crippen LogP contribution in [0.25, 0.3) is 0 Å². The summed E-state index contributed by atoms with van der Waals surface area (Å²) < 4.78 is 7.72. The summed E-state index contributed by atoms with van der Waals surface area (Å²) in [6, 6.07) is 0. The number of hydrogen-bond donors (Lipinski definition) is 1. The monoisotopic (exact) mass is 181 g/mol. The molecule has 0 radical (unpaired) electrons. The van der Waals surface area contributed by atoms with Crippen LogP contribution in [0.2, 0.25) is 0 Å². The molecule has 0 aromatic carbocycles. The minimum Gasteiger partial charge on any atom is -0.368 e. The summed E-state index contributed by atoms with van der Waals surface area (Å²) in [5.74, 6) is 1.02. The van der Waals surface area contributed by atoms with E-state index >= 15 is 0 Å². The van der Waals surface area contributed by atoms with Gasteiger partial charge >= 0.3 is 0 Å². The Bertz CT molecular complexity index is 268. The fourth-order valence-corrected chi connectivity index (χ4v) is 1.34. The number of nitrogens with one attached hydrogen (secondary N) is 1. The fourth-order valence-electron chi connectivity index (χ4n) is 1.34. The van der Waals surface area contributed by atoms with E-state index < -0.39 is 0 Å². The van der Waals surface area contributed by atoms with Crippen LogP contribution in [-0.2, 0) is 17.9 Å². The van der Waals surface area contributed by atoms with E-state index in [1.165, 1.54) is 0 Å². The average molecular weight is 181 g/mol. The van der Waals surface area contributed by atoms with Crippen LogP contribution in [0, 0.1) is 0 Å². The Kier molecular flexibility index (Phi) is 2.61. The fraction of sp³-hybridized carbons (Fsp3) is 0.667. The van der Waals surface area contributed by atoms with Gasteiger partial charge in [-0.05, 0) is 6.92 Å². The molecule has 2 rings (SSSR count). The molecule has 1 aliphatic rings. The van der Waals surface area contributed by atoms with Crippen LogP contribution in [0.1, 0.15) is 12.7 Å². The molecule has 0 bridgehead atoms. The maximum atomic E-state index is 5.62. The topological polar surface area (TPSA) is 39.1 Å². The largest absolute Gasteiger partial charge is 0.368 e. The Morgan fingerprint density at radius 1 is 1.69 bits per heavy atom. The lowest BCUT2D eigenvalue weighted by atomic mass is 10.2. The molecule has 72 valence electrons. The van der Waals surface area contributed by atoms with Gasteiger partial charge in [-0.25, -0.2) is 4.98 Å². The second-order valence-electron chi connectivity index (χ2n) is 3.22. The van der Waals surface area contributed by atoms with E-state index in [0.717, 1.165) is 25.5 Å². The molecular formula is C9H15N3O. The third-order valence-corrected chi connectivity index (χ3v) is 2.33. The highest BCUT2D eigenvalue weighted by atomic mass is 16.5. The number of aryl methyl sites for hydroxylation is 1. The Labute approximate surface area is 77.9 Å². The summed E-state index contributed by atoms with van der Waals surface area (Å²) in [5, 5.41) is 3.17. The van der Waals surface area contributed by atoms with Crippen LogP contribution in [0.4, 0.5) is 0 Å². The van der Waals surface area contributed by atoms with Crippen molar-refractivity contribution >= 4 is 0 Å². The van der Waals surface area contributed by atoms with E-state index in [0.29, 0.717) is 12.7 Å². The molecule has 13 heavy (non-hydrogen) atoms. The maximum absolute atomic E-state index is 5.62. The van der Waals surface area contributed by atoms with Crippen molar-refractivity contribution < 1.29 is 4.74 Å². The zero-order chi connectivity index (χ0) is 9.10. The minimum absolute atomic E-state index is 0.391. The minimum atomic E-state index is 0.391. The van der Waals surface area contributed by atoms with Crippen molar-refractivity contribution in [3.8, 4) is 0 Å². The van der Waals surface area contributed by atoms with Gasteiger partial charge in [-0.3, -0.25) is 0 Å². The van der Waals surface area contributed by atoms with Crippen LogP contribution >= 0.6 is 0 Å². The lowest BCUT2D eigenvalue weighted by Crippen LogP contribution is -2.48. The van der Waals surface area contributed by atoms with Crippen molar-refractivity contribution in [1.29, 1.82) is 0 Å². The summed E-state index contributed by atoms with van der Waals surface area (Å²) in [6.07, 6.45) is 4.20. The molecule has 0 atom stereocenters. The lowest BCUT2D eigenvalue weighted by molar-refractivity contribution is 0.00323. The second kappa shape index (κ2) is 3.89. The van der Waals surface area contributed by atoms with Crippen molar-refractivity contribution in [3.05, 3.63) is 18.2 Å². The van der Waals surface area contributed by atoms with Gasteiger partial charge < -0.3 is 14.6 Å². The molecule has 1 fully saturated rings. The Balaban J connectivity index is 1.85. The van der Waals surface area contributed by atoms with Gasteiger partial charge in [-0.15, -0.1) is 0 Å². The second-order valence-corrected chi connectivity index (χ2v) is 3.22.